The van der Waals surface area contributed by atoms with Crippen LogP contribution in [0, 0.1) is 20.8 Å². The highest BCUT2D eigenvalue weighted by molar-refractivity contribution is 7.99. The Labute approximate surface area is 178 Å². The van der Waals surface area contributed by atoms with E-state index in [-0.39, 0.29) is 17.1 Å². The van der Waals surface area contributed by atoms with Crippen LogP contribution in [0.5, 0.6) is 0 Å². The van der Waals surface area contributed by atoms with Gasteiger partial charge in [-0.2, -0.15) is 4.57 Å². The number of nitrogens with one attached hydrogen (secondary N) is 1. The summed E-state index contributed by atoms with van der Waals surface area (Å²) in [4.78, 5) is 31.9. The molecule has 0 amide bonds. The molecule has 1 N–H and O–H groups in total. The minimum Gasteiger partial charge on any atom is -0.293 e. The summed E-state index contributed by atoms with van der Waals surface area (Å²) in [7, 11) is 0. The van der Waals surface area contributed by atoms with Crippen LogP contribution in [0.15, 0.2) is 34.7 Å². The van der Waals surface area contributed by atoms with Crippen molar-refractivity contribution < 1.29 is 9.78 Å². The Morgan fingerprint density at radius 1 is 1.28 bits per heavy atom. The second kappa shape index (κ2) is 7.92. The second-order valence-electron chi connectivity index (χ2n) is 7.68. The first-order valence-corrected chi connectivity index (χ1v) is 11.7. The number of carbonyl (C=O) groups excluding carboxylic acids is 1. The molecule has 0 radical (unpaired) electrons. The smallest absolute Gasteiger partial charge is 0.293 e. The van der Waals surface area contributed by atoms with E-state index in [2.05, 4.69) is 11.6 Å². The molecule has 1 aliphatic rings. The highest BCUT2D eigenvalue weighted by atomic mass is 32.2. The highest BCUT2D eigenvalue weighted by Gasteiger charge is 2.27. The van der Waals surface area contributed by atoms with Crippen molar-refractivity contribution in [2.24, 2.45) is 0 Å². The summed E-state index contributed by atoms with van der Waals surface area (Å²) in [6.45, 7) is 10.2. The van der Waals surface area contributed by atoms with E-state index in [9.17, 15) is 9.59 Å². The Morgan fingerprint density at radius 2 is 2.00 bits per heavy atom. The van der Waals surface area contributed by atoms with Gasteiger partial charge in [0.15, 0.2) is 10.6 Å². The standard InChI is InChI=1S/C23H24N2O2S2/c1-5-9-25-22(27)20-16-7-6-8-18(16)29-21(20)24-23(25)28-12-17(26)19-14(3)10-13(2)11-15(19)4/h5,10-11H,1,6-9,12H2,2-4H3/p+1. The Kier molecular flexibility index (Phi) is 5.49. The lowest BCUT2D eigenvalue weighted by Crippen LogP contribution is -2.29. The number of benzene rings is 1. The lowest BCUT2D eigenvalue weighted by atomic mass is 9.97. The van der Waals surface area contributed by atoms with Crippen LogP contribution < -0.4 is 10.5 Å². The van der Waals surface area contributed by atoms with Crippen molar-refractivity contribution in [3.05, 3.63) is 67.8 Å². The van der Waals surface area contributed by atoms with Crippen molar-refractivity contribution >= 4 is 39.1 Å². The van der Waals surface area contributed by atoms with Crippen molar-refractivity contribution in [3.63, 3.8) is 0 Å². The fourth-order valence-corrected chi connectivity index (χ4v) is 6.59. The topological polar surface area (TPSA) is 53.2 Å². The van der Waals surface area contributed by atoms with Gasteiger partial charge in [0.25, 0.3) is 0 Å². The van der Waals surface area contributed by atoms with Crippen molar-refractivity contribution in [1.29, 1.82) is 0 Å². The molecule has 0 unspecified atom stereocenters. The first kappa shape index (κ1) is 20.1. The van der Waals surface area contributed by atoms with E-state index < -0.39 is 0 Å². The lowest BCUT2D eigenvalue weighted by molar-refractivity contribution is -0.404. The third-order valence-electron chi connectivity index (χ3n) is 5.45. The van der Waals surface area contributed by atoms with Crippen LogP contribution >= 0.6 is 23.1 Å². The molecule has 0 saturated heterocycles. The Hall–Kier alpha value is -2.18. The number of carbonyl (C=O) groups is 1. The van der Waals surface area contributed by atoms with Gasteiger partial charge in [-0.05, 0) is 68.5 Å². The van der Waals surface area contributed by atoms with Crippen molar-refractivity contribution in [2.75, 3.05) is 5.75 Å². The quantitative estimate of drug-likeness (QED) is 0.254. The third-order valence-corrected chi connectivity index (χ3v) is 7.66. The molecule has 0 fully saturated rings. The maximum Gasteiger partial charge on any atom is 0.347 e. The van der Waals surface area contributed by atoms with E-state index in [4.69, 9.17) is 0 Å². The largest absolute Gasteiger partial charge is 0.347 e. The minimum absolute atomic E-state index is 0.0238. The predicted molar refractivity (Wildman–Crippen MR) is 121 cm³/mol. The number of hydrogen-bond acceptors (Lipinski definition) is 4. The molecular weight excluding hydrogens is 400 g/mol. The molecule has 0 saturated carbocycles. The average Bonchev–Trinajstić information content (AvgIpc) is 3.22. The van der Waals surface area contributed by atoms with Crippen LogP contribution in [-0.4, -0.2) is 16.1 Å². The van der Waals surface area contributed by atoms with E-state index in [1.807, 2.05) is 32.9 Å². The molecule has 6 heteroatoms. The number of H-pyrrole nitrogens is 1. The van der Waals surface area contributed by atoms with Crippen LogP contribution in [0.25, 0.3) is 10.2 Å². The normalized spacial score (nSPS) is 13.1. The summed E-state index contributed by atoms with van der Waals surface area (Å²) < 4.78 is 1.72. The van der Waals surface area contributed by atoms with Gasteiger partial charge >= 0.3 is 10.7 Å². The van der Waals surface area contributed by atoms with Crippen LogP contribution in [0.3, 0.4) is 0 Å². The molecule has 0 bridgehead atoms. The van der Waals surface area contributed by atoms with Crippen molar-refractivity contribution in [2.45, 2.75) is 51.7 Å². The van der Waals surface area contributed by atoms with Gasteiger partial charge in [0.2, 0.25) is 0 Å². The van der Waals surface area contributed by atoms with Gasteiger partial charge in [0.1, 0.15) is 11.9 Å². The SMILES string of the molecule is C=CCn1c(SCC(=O)c2c(C)cc(C)cc2C)[nH+]c2sc3c(c2c1=O)CCC3. The molecule has 3 aromatic rings. The van der Waals surface area contributed by atoms with Gasteiger partial charge in [-0.3, -0.25) is 4.79 Å². The number of aryl methyl sites for hydroxylation is 5. The number of aromatic amines is 1. The summed E-state index contributed by atoms with van der Waals surface area (Å²) >= 11 is 3.08. The maximum atomic E-state index is 13.2. The molecular formula is C23H25N2O2S2+. The molecule has 1 aliphatic carbocycles. The fourth-order valence-electron chi connectivity index (χ4n) is 4.35. The highest BCUT2D eigenvalue weighted by Crippen LogP contribution is 2.34. The molecule has 0 aliphatic heterocycles. The number of hydrogen-bond donors (Lipinski definition) is 0. The van der Waals surface area contributed by atoms with Crippen molar-refractivity contribution in [3.8, 4) is 0 Å². The molecule has 1 aromatic carbocycles. The van der Waals surface area contributed by atoms with Crippen LogP contribution in [0.2, 0.25) is 0 Å². The molecule has 150 valence electrons. The van der Waals surface area contributed by atoms with Crippen molar-refractivity contribution in [1.82, 2.24) is 4.57 Å². The van der Waals surface area contributed by atoms with Gasteiger partial charge in [0, 0.05) is 10.4 Å². The fraction of sp³-hybridized carbons (Fsp3) is 0.348. The maximum absolute atomic E-state index is 13.2. The zero-order valence-corrected chi connectivity index (χ0v) is 18.7. The van der Waals surface area contributed by atoms with E-state index in [0.29, 0.717) is 6.54 Å². The number of Topliss-reactive ketones (excluding diaryl/α,β-unsaturated/α-hetero) is 1. The zero-order chi connectivity index (χ0) is 20.7. The first-order chi connectivity index (χ1) is 13.9. The van der Waals surface area contributed by atoms with Crippen LogP contribution in [-0.2, 0) is 19.4 Å². The number of thioether (sulfide) groups is 1. The van der Waals surface area contributed by atoms with Crippen LogP contribution in [0.1, 0.15) is 43.9 Å². The molecule has 2 aromatic heterocycles. The number of allylic oxidation sites excluding steroid dienone is 1. The number of thiophene rings is 1. The van der Waals surface area contributed by atoms with Crippen LogP contribution in [0.4, 0.5) is 0 Å². The number of fused-ring (bicyclic) bond motifs is 3. The van der Waals surface area contributed by atoms with Gasteiger partial charge in [-0.15, -0.1) is 0 Å². The molecule has 0 spiro atoms. The van der Waals surface area contributed by atoms with Gasteiger partial charge in [-0.1, -0.05) is 41.7 Å². The Bertz CT molecular complexity index is 1180. The predicted octanol–water partition coefficient (Wildman–Crippen LogP) is 4.45. The summed E-state index contributed by atoms with van der Waals surface area (Å²) in [5.41, 5.74) is 5.19. The van der Waals surface area contributed by atoms with Gasteiger partial charge in [0.05, 0.1) is 5.75 Å². The van der Waals surface area contributed by atoms with E-state index in [0.717, 1.165) is 56.9 Å². The average molecular weight is 426 g/mol. The monoisotopic (exact) mass is 425 g/mol. The van der Waals surface area contributed by atoms with E-state index in [1.54, 1.807) is 22.0 Å². The number of nitrogens with zero attached hydrogens (tertiary/aromatic N) is 1. The second-order valence-corrected chi connectivity index (χ2v) is 9.75. The molecule has 2 heterocycles. The Balaban J connectivity index is 1.69. The van der Waals surface area contributed by atoms with Gasteiger partial charge < -0.3 is 0 Å². The number of ketones is 1. The minimum atomic E-state index is 0.0238. The molecule has 0 atom stereocenters. The molecule has 29 heavy (non-hydrogen) atoms. The molecule has 4 rings (SSSR count). The Morgan fingerprint density at radius 3 is 2.69 bits per heavy atom. The summed E-state index contributed by atoms with van der Waals surface area (Å²) in [5.74, 6) is 0.374. The summed E-state index contributed by atoms with van der Waals surface area (Å²) in [6.07, 6.45) is 4.88. The zero-order valence-electron chi connectivity index (χ0n) is 17.1. The number of rotatable bonds is 6. The van der Waals surface area contributed by atoms with Gasteiger partial charge in [-0.25, -0.2) is 9.78 Å². The number of aromatic nitrogens is 2. The summed E-state index contributed by atoms with van der Waals surface area (Å²) in [6, 6.07) is 4.09. The lowest BCUT2D eigenvalue weighted by Gasteiger charge is -2.10. The van der Waals surface area contributed by atoms with E-state index >= 15 is 0 Å². The third kappa shape index (κ3) is 3.60. The first-order valence-electron chi connectivity index (χ1n) is 9.85. The van der Waals surface area contributed by atoms with E-state index in [1.165, 1.54) is 22.2 Å². The summed E-state index contributed by atoms with van der Waals surface area (Å²) in [5, 5.41) is 1.54. The molecule has 4 nitrogen and oxygen atoms in total.